The molecule has 8 heteroatoms. The van der Waals surface area contributed by atoms with Gasteiger partial charge in [-0.15, -0.1) is 0 Å². The second-order valence-corrected chi connectivity index (χ2v) is 2.26. The van der Waals surface area contributed by atoms with Crippen LogP contribution in [0.4, 0.5) is 23.0 Å². The Kier molecular flexibility index (Phi) is 4.83. The molecule has 3 nitrogen and oxygen atoms in total. The number of hydrogen-bond acceptors (Lipinski definition) is 2. The first-order valence-corrected chi connectivity index (χ1v) is 3.59. The normalized spacial score (nSPS) is 9.20. The van der Waals surface area contributed by atoms with Crippen LogP contribution in [0.2, 0.25) is 0 Å². The van der Waals surface area contributed by atoms with Crippen LogP contribution in [0.15, 0.2) is 24.3 Å². The van der Waals surface area contributed by atoms with E-state index in [-0.39, 0.29) is 0 Å². The van der Waals surface area contributed by atoms with E-state index in [1.165, 1.54) is 6.07 Å². The molecule has 0 bridgehead atoms. The lowest BCUT2D eigenvalue weighted by Gasteiger charge is -1.94. The molecule has 0 fully saturated rings. The number of diazo groups is 1. The van der Waals surface area contributed by atoms with Crippen molar-refractivity contribution < 1.29 is 17.3 Å². The summed E-state index contributed by atoms with van der Waals surface area (Å²) in [5.74, 6) is 0. The molecule has 0 radical (unpaired) electrons. The van der Waals surface area contributed by atoms with Crippen molar-refractivity contribution in [2.24, 2.45) is 0 Å². The van der Waals surface area contributed by atoms with Crippen LogP contribution >= 0.6 is 0 Å². The molecule has 0 unspecified atom stereocenters. The molecule has 1 aromatic carbocycles. The summed E-state index contributed by atoms with van der Waals surface area (Å²) in [7, 11) is -6.00. The lowest BCUT2D eigenvalue weighted by atomic mass is 10.2. The van der Waals surface area contributed by atoms with E-state index in [9.17, 15) is 17.3 Å². The van der Waals surface area contributed by atoms with Crippen LogP contribution in [-0.2, 0) is 0 Å². The molecular weight excluding hydrogens is 213 g/mol. The second kappa shape index (κ2) is 5.60. The van der Waals surface area contributed by atoms with Crippen molar-refractivity contribution in [1.29, 1.82) is 10.7 Å². The van der Waals surface area contributed by atoms with Crippen molar-refractivity contribution in [1.82, 2.24) is 0 Å². The smallest absolute Gasteiger partial charge is 0.418 e. The molecule has 78 valence electrons. The topological polar surface area (TPSA) is 51.9 Å². The largest absolute Gasteiger partial charge is 0.673 e. The van der Waals surface area contributed by atoms with Gasteiger partial charge < -0.3 is 17.3 Å². The van der Waals surface area contributed by atoms with Crippen LogP contribution in [-0.4, -0.2) is 7.25 Å². The third kappa shape index (κ3) is 8.25. The van der Waals surface area contributed by atoms with E-state index in [4.69, 9.17) is 10.7 Å². The number of benzene rings is 1. The van der Waals surface area contributed by atoms with E-state index >= 15 is 0 Å². The van der Waals surface area contributed by atoms with Crippen molar-refractivity contribution >= 4 is 12.9 Å². The van der Waals surface area contributed by atoms with Crippen LogP contribution in [0.5, 0.6) is 0 Å². The van der Waals surface area contributed by atoms with Gasteiger partial charge in [0.1, 0.15) is 0 Å². The fourth-order valence-corrected chi connectivity index (χ4v) is 0.638. The lowest BCUT2D eigenvalue weighted by Crippen LogP contribution is -2.02. The van der Waals surface area contributed by atoms with Gasteiger partial charge in [0.25, 0.3) is 0 Å². The highest BCUT2D eigenvalue weighted by atomic mass is 19.5. The van der Waals surface area contributed by atoms with Gasteiger partial charge >= 0.3 is 12.9 Å². The first-order valence-electron chi connectivity index (χ1n) is 3.59. The molecule has 1 rings (SSSR count). The molecule has 0 aliphatic carbocycles. The van der Waals surface area contributed by atoms with Crippen molar-refractivity contribution in [3.63, 3.8) is 0 Å². The zero-order valence-electron chi connectivity index (χ0n) is 7.24. The van der Waals surface area contributed by atoms with E-state index in [0.717, 1.165) is 0 Å². The minimum Gasteiger partial charge on any atom is -0.418 e. The lowest BCUT2D eigenvalue weighted by molar-refractivity contribution is 0.368. The summed E-state index contributed by atoms with van der Waals surface area (Å²) < 4.78 is 39.0. The zero-order chi connectivity index (χ0) is 11.9. The molecule has 0 aliphatic heterocycles. The SMILES string of the molecule is F[B-](F)(F)F.N#Cc1cccc([N+]#N)c1. The number of halogens is 4. The summed E-state index contributed by atoms with van der Waals surface area (Å²) in [5.41, 5.74) is 0.898. The predicted octanol–water partition coefficient (Wildman–Crippen LogP) is 3.34. The summed E-state index contributed by atoms with van der Waals surface area (Å²) in [6, 6.07) is 8.35. The van der Waals surface area contributed by atoms with Crippen LogP contribution in [0, 0.1) is 16.7 Å². The molecular formula is C7H4BF4N3. The highest BCUT2D eigenvalue weighted by molar-refractivity contribution is 6.50. The second-order valence-electron chi connectivity index (χ2n) is 2.26. The number of nitriles is 1. The Morgan fingerprint density at radius 2 is 1.73 bits per heavy atom. The minimum absolute atomic E-state index is 0.402. The van der Waals surface area contributed by atoms with Crippen LogP contribution in [0.1, 0.15) is 5.56 Å². The van der Waals surface area contributed by atoms with E-state index in [1.54, 1.807) is 18.2 Å². The Morgan fingerprint density at radius 3 is 2.13 bits per heavy atom. The Balaban J connectivity index is 0.000000336. The van der Waals surface area contributed by atoms with Crippen molar-refractivity contribution in [3.8, 4) is 6.07 Å². The van der Waals surface area contributed by atoms with Gasteiger partial charge in [0.15, 0.2) is 4.98 Å². The monoisotopic (exact) mass is 217 g/mol. The highest BCUT2D eigenvalue weighted by Crippen LogP contribution is 2.12. The Hall–Kier alpha value is -2.09. The van der Waals surface area contributed by atoms with E-state index in [1.807, 2.05) is 6.07 Å². The average molecular weight is 217 g/mol. The van der Waals surface area contributed by atoms with E-state index in [2.05, 4.69) is 4.98 Å². The molecule has 1 aromatic rings. The van der Waals surface area contributed by atoms with E-state index in [0.29, 0.717) is 11.3 Å². The molecule has 0 aromatic heterocycles. The summed E-state index contributed by atoms with van der Waals surface area (Å²) in [5, 5.41) is 16.7. The summed E-state index contributed by atoms with van der Waals surface area (Å²) in [6.45, 7) is 0. The summed E-state index contributed by atoms with van der Waals surface area (Å²) in [4.78, 5) is 2.93. The minimum atomic E-state index is -6.00. The molecule has 15 heavy (non-hydrogen) atoms. The molecule has 0 saturated heterocycles. The third-order valence-electron chi connectivity index (χ3n) is 1.09. The molecule has 0 heterocycles. The Labute approximate surface area is 82.7 Å². The maximum atomic E-state index is 9.75. The van der Waals surface area contributed by atoms with E-state index < -0.39 is 7.25 Å². The summed E-state index contributed by atoms with van der Waals surface area (Å²) >= 11 is 0. The predicted molar refractivity (Wildman–Crippen MR) is 46.1 cm³/mol. The Bertz CT molecular complexity index is 369. The van der Waals surface area contributed by atoms with Gasteiger partial charge in [-0.3, -0.25) is 0 Å². The van der Waals surface area contributed by atoms with Gasteiger partial charge in [-0.1, -0.05) is 6.07 Å². The first-order chi connectivity index (χ1) is 6.86. The van der Waals surface area contributed by atoms with Gasteiger partial charge in [0, 0.05) is 6.07 Å². The van der Waals surface area contributed by atoms with Crippen molar-refractivity contribution in [2.45, 2.75) is 0 Å². The van der Waals surface area contributed by atoms with Crippen LogP contribution in [0.3, 0.4) is 0 Å². The maximum Gasteiger partial charge on any atom is 0.673 e. The number of nitrogens with zero attached hydrogens (tertiary/aromatic N) is 3. The standard InChI is InChI=1S/C7H4N3.BF4/c8-5-6-2-1-3-7(4-6)10-9;2-1(3,4)5/h1-4H;/q+1;-1. The Morgan fingerprint density at radius 1 is 1.20 bits per heavy atom. The van der Waals surface area contributed by atoms with Crippen molar-refractivity contribution in [3.05, 3.63) is 34.8 Å². The van der Waals surface area contributed by atoms with Crippen LogP contribution in [0.25, 0.3) is 4.98 Å². The van der Waals surface area contributed by atoms with Gasteiger partial charge in [-0.25, -0.2) is 0 Å². The number of rotatable bonds is 0. The summed E-state index contributed by atoms with van der Waals surface area (Å²) in [6.07, 6.45) is 0. The van der Waals surface area contributed by atoms with Crippen LogP contribution < -0.4 is 0 Å². The van der Waals surface area contributed by atoms with Gasteiger partial charge in [-0.2, -0.15) is 5.26 Å². The van der Waals surface area contributed by atoms with Gasteiger partial charge in [0.2, 0.25) is 5.39 Å². The van der Waals surface area contributed by atoms with Crippen molar-refractivity contribution in [2.75, 3.05) is 0 Å². The first kappa shape index (κ1) is 12.9. The average Bonchev–Trinajstić information content (AvgIpc) is 2.15. The highest BCUT2D eigenvalue weighted by Gasteiger charge is 2.20. The molecule has 0 spiro atoms. The fraction of sp³-hybridized carbons (Fsp3) is 0. The van der Waals surface area contributed by atoms with Gasteiger partial charge in [-0.05, 0) is 6.07 Å². The molecule has 0 atom stereocenters. The number of hydrogen-bond donors (Lipinski definition) is 0. The fourth-order valence-electron chi connectivity index (χ4n) is 0.638. The molecule has 0 amide bonds. The van der Waals surface area contributed by atoms with Gasteiger partial charge in [0.05, 0.1) is 17.7 Å². The quantitative estimate of drug-likeness (QED) is 0.380. The molecule has 0 saturated carbocycles. The maximum absolute atomic E-state index is 9.75. The molecule has 0 aliphatic rings. The molecule has 0 N–H and O–H groups in total. The third-order valence-corrected chi connectivity index (χ3v) is 1.09. The zero-order valence-corrected chi connectivity index (χ0v) is 7.24.